The highest BCUT2D eigenvalue weighted by Gasteiger charge is 2.08. The molecule has 4 nitrogen and oxygen atoms in total. The summed E-state index contributed by atoms with van der Waals surface area (Å²) in [5.41, 5.74) is 1.82. The fraction of sp³-hybridized carbons (Fsp3) is 0.167. The highest BCUT2D eigenvalue weighted by atomic mass is 35.5. The second-order valence-corrected chi connectivity index (χ2v) is 4.98. The van der Waals surface area contributed by atoms with E-state index in [1.807, 2.05) is 24.3 Å². The maximum absolute atomic E-state index is 10.7. The van der Waals surface area contributed by atoms with Crippen LogP contribution in [0.3, 0.4) is 0 Å². The Bertz CT molecular complexity index is 557. The largest absolute Gasteiger partial charge is 0.476 e. The van der Waals surface area contributed by atoms with Crippen molar-refractivity contribution in [1.29, 1.82) is 0 Å². The average molecular weight is 283 g/mol. The molecule has 0 bridgehead atoms. The number of carboxylic acid groups (broad SMARTS) is 1. The molecule has 6 heteroatoms. The molecule has 0 unspecified atom stereocenters. The minimum absolute atomic E-state index is 0.120. The quantitative estimate of drug-likeness (QED) is 0.885. The normalized spacial score (nSPS) is 10.5. The number of halogens is 1. The molecule has 0 fully saturated rings. The van der Waals surface area contributed by atoms with Gasteiger partial charge in [0.05, 0.1) is 5.69 Å². The van der Waals surface area contributed by atoms with Crippen LogP contribution in [0.2, 0.25) is 5.02 Å². The predicted octanol–water partition coefficient (Wildman–Crippen LogP) is 2.78. The molecule has 2 aromatic rings. The first-order valence-electron chi connectivity index (χ1n) is 5.28. The lowest BCUT2D eigenvalue weighted by atomic mass is 10.2. The summed E-state index contributed by atoms with van der Waals surface area (Å²) < 4.78 is 0. The standard InChI is InChI=1S/C12H11ClN2O2S/c13-9-3-1-2-8(4-9)5-14-6-10-7-18-11(15-10)12(16)17/h1-4,7,14H,5-6H2,(H,16,17). The highest BCUT2D eigenvalue weighted by molar-refractivity contribution is 7.11. The Hall–Kier alpha value is -1.43. The number of aromatic nitrogens is 1. The minimum atomic E-state index is -0.985. The number of aromatic carboxylic acids is 1. The fourth-order valence-corrected chi connectivity index (χ4v) is 2.34. The smallest absolute Gasteiger partial charge is 0.365 e. The molecule has 0 amide bonds. The van der Waals surface area contributed by atoms with E-state index in [9.17, 15) is 4.79 Å². The van der Waals surface area contributed by atoms with E-state index in [1.54, 1.807) is 5.38 Å². The number of thiazole rings is 1. The van der Waals surface area contributed by atoms with Crippen LogP contribution >= 0.6 is 22.9 Å². The summed E-state index contributed by atoms with van der Waals surface area (Å²) in [6.07, 6.45) is 0. The monoisotopic (exact) mass is 282 g/mol. The first-order valence-corrected chi connectivity index (χ1v) is 6.54. The van der Waals surface area contributed by atoms with E-state index in [2.05, 4.69) is 10.3 Å². The Morgan fingerprint density at radius 2 is 2.28 bits per heavy atom. The van der Waals surface area contributed by atoms with Crippen LogP contribution < -0.4 is 5.32 Å². The van der Waals surface area contributed by atoms with Gasteiger partial charge in [-0.1, -0.05) is 23.7 Å². The second kappa shape index (κ2) is 5.95. The van der Waals surface area contributed by atoms with Gasteiger partial charge in [0.1, 0.15) is 0 Å². The number of hydrogen-bond acceptors (Lipinski definition) is 4. The molecule has 0 saturated heterocycles. The molecule has 1 aromatic carbocycles. The molecule has 0 saturated carbocycles. The van der Waals surface area contributed by atoms with E-state index >= 15 is 0 Å². The Balaban J connectivity index is 1.86. The van der Waals surface area contributed by atoms with Gasteiger partial charge in [0.15, 0.2) is 0 Å². The third-order valence-corrected chi connectivity index (χ3v) is 3.37. The summed E-state index contributed by atoms with van der Waals surface area (Å²) in [5.74, 6) is -0.985. The van der Waals surface area contributed by atoms with Crippen molar-refractivity contribution < 1.29 is 9.90 Å². The van der Waals surface area contributed by atoms with Gasteiger partial charge < -0.3 is 10.4 Å². The lowest BCUT2D eigenvalue weighted by Gasteiger charge is -2.03. The molecule has 0 aliphatic carbocycles. The molecule has 1 aromatic heterocycles. The summed E-state index contributed by atoms with van der Waals surface area (Å²) in [4.78, 5) is 14.6. The lowest BCUT2D eigenvalue weighted by molar-refractivity contribution is 0.0696. The van der Waals surface area contributed by atoms with Gasteiger partial charge in [-0.25, -0.2) is 9.78 Å². The zero-order valence-electron chi connectivity index (χ0n) is 9.39. The SMILES string of the molecule is O=C(O)c1nc(CNCc2cccc(Cl)c2)cs1. The topological polar surface area (TPSA) is 62.2 Å². The van der Waals surface area contributed by atoms with Crippen LogP contribution in [-0.4, -0.2) is 16.1 Å². The molecule has 2 rings (SSSR count). The van der Waals surface area contributed by atoms with Crippen molar-refractivity contribution in [2.75, 3.05) is 0 Å². The van der Waals surface area contributed by atoms with Gasteiger partial charge in [-0.2, -0.15) is 0 Å². The van der Waals surface area contributed by atoms with E-state index in [1.165, 1.54) is 0 Å². The van der Waals surface area contributed by atoms with Crippen molar-refractivity contribution in [3.8, 4) is 0 Å². The maximum Gasteiger partial charge on any atom is 0.365 e. The first-order chi connectivity index (χ1) is 8.65. The number of benzene rings is 1. The van der Waals surface area contributed by atoms with Crippen LogP contribution in [0.15, 0.2) is 29.6 Å². The molecule has 0 atom stereocenters. The van der Waals surface area contributed by atoms with E-state index in [-0.39, 0.29) is 5.01 Å². The summed E-state index contributed by atoms with van der Waals surface area (Å²) in [6.45, 7) is 1.21. The summed E-state index contributed by atoms with van der Waals surface area (Å²) in [6, 6.07) is 7.58. The summed E-state index contributed by atoms with van der Waals surface area (Å²) in [5, 5.41) is 14.5. The Kier molecular flexibility index (Phi) is 4.30. The van der Waals surface area contributed by atoms with Crippen LogP contribution in [0.4, 0.5) is 0 Å². The zero-order valence-corrected chi connectivity index (χ0v) is 11.0. The molecule has 0 aliphatic heterocycles. The van der Waals surface area contributed by atoms with Gasteiger partial charge >= 0.3 is 5.97 Å². The van der Waals surface area contributed by atoms with Gasteiger partial charge in [-0.3, -0.25) is 0 Å². The van der Waals surface area contributed by atoms with Crippen molar-refractivity contribution in [2.45, 2.75) is 13.1 Å². The molecule has 2 N–H and O–H groups in total. The first kappa shape index (κ1) is 13.0. The zero-order chi connectivity index (χ0) is 13.0. The predicted molar refractivity (Wildman–Crippen MR) is 71.1 cm³/mol. The Morgan fingerprint density at radius 3 is 2.94 bits per heavy atom. The summed E-state index contributed by atoms with van der Waals surface area (Å²) >= 11 is 7.01. The van der Waals surface area contributed by atoms with E-state index < -0.39 is 5.97 Å². The van der Waals surface area contributed by atoms with Crippen molar-refractivity contribution in [2.24, 2.45) is 0 Å². The van der Waals surface area contributed by atoms with Crippen LogP contribution in [0.1, 0.15) is 21.1 Å². The lowest BCUT2D eigenvalue weighted by Crippen LogP contribution is -2.13. The number of hydrogen-bond donors (Lipinski definition) is 2. The van der Waals surface area contributed by atoms with E-state index in [0.717, 1.165) is 22.6 Å². The van der Waals surface area contributed by atoms with E-state index in [0.29, 0.717) is 18.1 Å². The van der Waals surface area contributed by atoms with Gasteiger partial charge in [-0.15, -0.1) is 11.3 Å². The number of nitrogens with zero attached hydrogens (tertiary/aromatic N) is 1. The van der Waals surface area contributed by atoms with Crippen molar-refractivity contribution in [3.05, 3.63) is 50.9 Å². The molecule has 1 heterocycles. The van der Waals surface area contributed by atoms with Gasteiger partial charge in [-0.05, 0) is 17.7 Å². The van der Waals surface area contributed by atoms with Crippen molar-refractivity contribution in [1.82, 2.24) is 10.3 Å². The molecule has 0 radical (unpaired) electrons. The maximum atomic E-state index is 10.7. The van der Waals surface area contributed by atoms with Crippen LogP contribution in [-0.2, 0) is 13.1 Å². The van der Waals surface area contributed by atoms with Crippen molar-refractivity contribution in [3.63, 3.8) is 0 Å². The average Bonchev–Trinajstić information content (AvgIpc) is 2.78. The third-order valence-electron chi connectivity index (χ3n) is 2.26. The van der Waals surface area contributed by atoms with Crippen LogP contribution in [0, 0.1) is 0 Å². The van der Waals surface area contributed by atoms with E-state index in [4.69, 9.17) is 16.7 Å². The molecule has 0 spiro atoms. The van der Waals surface area contributed by atoms with Crippen LogP contribution in [0.25, 0.3) is 0 Å². The number of rotatable bonds is 5. The van der Waals surface area contributed by atoms with Gasteiger partial charge in [0.2, 0.25) is 5.01 Å². The molecule has 94 valence electrons. The third kappa shape index (κ3) is 3.53. The summed E-state index contributed by atoms with van der Waals surface area (Å²) in [7, 11) is 0. The number of carbonyl (C=O) groups is 1. The van der Waals surface area contributed by atoms with Crippen LogP contribution in [0.5, 0.6) is 0 Å². The van der Waals surface area contributed by atoms with Gasteiger partial charge in [0, 0.05) is 23.5 Å². The molecular formula is C12H11ClN2O2S. The molecular weight excluding hydrogens is 272 g/mol. The highest BCUT2D eigenvalue weighted by Crippen LogP contribution is 2.11. The fourth-order valence-electron chi connectivity index (χ4n) is 1.47. The number of nitrogens with one attached hydrogen (secondary N) is 1. The molecule has 18 heavy (non-hydrogen) atoms. The second-order valence-electron chi connectivity index (χ2n) is 3.68. The minimum Gasteiger partial charge on any atom is -0.476 e. The van der Waals surface area contributed by atoms with Crippen molar-refractivity contribution >= 4 is 28.9 Å². The number of carboxylic acids is 1. The Labute approximate surface area is 113 Å². The Morgan fingerprint density at radius 1 is 1.44 bits per heavy atom. The molecule has 0 aliphatic rings. The van der Waals surface area contributed by atoms with Gasteiger partial charge in [0.25, 0.3) is 0 Å².